The maximum atomic E-state index is 5.44. The molecule has 4 nitrogen and oxygen atoms in total. The Balaban J connectivity index is 1.93. The molecule has 0 aliphatic carbocycles. The highest BCUT2D eigenvalue weighted by atomic mass is 16.5. The van der Waals surface area contributed by atoms with Gasteiger partial charge < -0.3 is 19.3 Å². The van der Waals surface area contributed by atoms with Gasteiger partial charge in [0, 0.05) is 19.1 Å². The summed E-state index contributed by atoms with van der Waals surface area (Å²) in [6, 6.07) is 6.71. The Bertz CT molecular complexity index is 434. The van der Waals surface area contributed by atoms with E-state index in [-0.39, 0.29) is 0 Å². The molecule has 1 aliphatic heterocycles. The molecule has 1 atom stereocenters. The van der Waals surface area contributed by atoms with Crippen LogP contribution in [-0.4, -0.2) is 63.8 Å². The van der Waals surface area contributed by atoms with Crippen molar-refractivity contribution in [2.45, 2.75) is 18.9 Å². The first-order valence-corrected chi connectivity index (χ1v) is 7.23. The minimum absolute atomic E-state index is 0.696. The van der Waals surface area contributed by atoms with Crippen LogP contribution in [0.1, 0.15) is 12.0 Å². The van der Waals surface area contributed by atoms with Crippen LogP contribution in [0.5, 0.6) is 11.5 Å². The van der Waals surface area contributed by atoms with Gasteiger partial charge in [0.2, 0.25) is 0 Å². The van der Waals surface area contributed by atoms with Crippen LogP contribution in [0, 0.1) is 0 Å². The fourth-order valence-electron chi connectivity index (χ4n) is 2.79. The SMILES string of the molecule is COc1ccc(OC)c(CCN2CCC(N(C)C)C2)c1. The third-order valence-electron chi connectivity index (χ3n) is 4.16. The van der Waals surface area contributed by atoms with E-state index >= 15 is 0 Å². The van der Waals surface area contributed by atoms with E-state index in [1.807, 2.05) is 12.1 Å². The Morgan fingerprint density at radius 2 is 2.05 bits per heavy atom. The van der Waals surface area contributed by atoms with E-state index in [0.29, 0.717) is 6.04 Å². The van der Waals surface area contributed by atoms with Crippen LogP contribution in [0.3, 0.4) is 0 Å². The van der Waals surface area contributed by atoms with Crippen molar-refractivity contribution < 1.29 is 9.47 Å². The predicted octanol–water partition coefficient (Wildman–Crippen LogP) is 1.88. The molecular formula is C16H26N2O2. The van der Waals surface area contributed by atoms with Crippen LogP contribution in [0.4, 0.5) is 0 Å². The van der Waals surface area contributed by atoms with E-state index in [9.17, 15) is 0 Å². The summed E-state index contributed by atoms with van der Waals surface area (Å²) in [6.07, 6.45) is 2.27. The highest BCUT2D eigenvalue weighted by Gasteiger charge is 2.23. The number of hydrogen-bond acceptors (Lipinski definition) is 4. The fourth-order valence-corrected chi connectivity index (χ4v) is 2.79. The lowest BCUT2D eigenvalue weighted by Gasteiger charge is -2.20. The lowest BCUT2D eigenvalue weighted by Crippen LogP contribution is -2.32. The summed E-state index contributed by atoms with van der Waals surface area (Å²) in [7, 11) is 7.76. The number of likely N-dealkylation sites (tertiary alicyclic amines) is 1. The van der Waals surface area contributed by atoms with E-state index in [2.05, 4.69) is 30.0 Å². The van der Waals surface area contributed by atoms with Gasteiger partial charge in [0.1, 0.15) is 11.5 Å². The average Bonchev–Trinajstić information content (AvgIpc) is 2.93. The molecule has 0 bridgehead atoms. The standard InChI is InChI=1S/C16H26N2O2/c1-17(2)14-8-10-18(12-14)9-7-13-11-15(19-3)5-6-16(13)20-4/h5-6,11,14H,7-10,12H2,1-4H3. The van der Waals surface area contributed by atoms with Crippen LogP contribution in [-0.2, 0) is 6.42 Å². The Kier molecular flexibility index (Phi) is 5.26. The maximum Gasteiger partial charge on any atom is 0.122 e. The van der Waals surface area contributed by atoms with Crippen molar-refractivity contribution in [3.05, 3.63) is 23.8 Å². The van der Waals surface area contributed by atoms with Gasteiger partial charge in [-0.15, -0.1) is 0 Å². The molecule has 1 aromatic rings. The van der Waals surface area contributed by atoms with E-state index in [0.717, 1.165) is 24.5 Å². The summed E-state index contributed by atoms with van der Waals surface area (Å²) in [6.45, 7) is 3.43. The van der Waals surface area contributed by atoms with E-state index in [1.54, 1.807) is 14.2 Å². The molecule has 2 rings (SSSR count). The second kappa shape index (κ2) is 6.95. The van der Waals surface area contributed by atoms with Crippen molar-refractivity contribution in [2.75, 3.05) is 47.9 Å². The fraction of sp³-hybridized carbons (Fsp3) is 0.625. The molecular weight excluding hydrogens is 252 g/mol. The number of methoxy groups -OCH3 is 2. The Morgan fingerprint density at radius 3 is 2.65 bits per heavy atom. The van der Waals surface area contributed by atoms with Crippen LogP contribution in [0.25, 0.3) is 0 Å². The molecule has 1 aliphatic rings. The molecule has 1 unspecified atom stereocenters. The van der Waals surface area contributed by atoms with Crippen molar-refractivity contribution in [1.29, 1.82) is 0 Å². The van der Waals surface area contributed by atoms with E-state index in [1.165, 1.54) is 25.1 Å². The molecule has 1 aromatic carbocycles. The molecule has 0 N–H and O–H groups in total. The van der Waals surface area contributed by atoms with Crippen molar-refractivity contribution in [3.63, 3.8) is 0 Å². The molecule has 1 saturated heterocycles. The van der Waals surface area contributed by atoms with Gasteiger partial charge in [0.25, 0.3) is 0 Å². The molecule has 20 heavy (non-hydrogen) atoms. The quantitative estimate of drug-likeness (QED) is 0.793. The first-order valence-electron chi connectivity index (χ1n) is 7.23. The lowest BCUT2D eigenvalue weighted by molar-refractivity contribution is 0.269. The van der Waals surface area contributed by atoms with E-state index in [4.69, 9.17) is 9.47 Å². The van der Waals surface area contributed by atoms with Crippen LogP contribution < -0.4 is 9.47 Å². The topological polar surface area (TPSA) is 24.9 Å². The number of rotatable bonds is 6. The smallest absolute Gasteiger partial charge is 0.122 e. The van der Waals surface area contributed by atoms with Gasteiger partial charge in [0.05, 0.1) is 14.2 Å². The predicted molar refractivity (Wildman–Crippen MR) is 81.8 cm³/mol. The molecule has 0 amide bonds. The second-order valence-electron chi connectivity index (χ2n) is 5.63. The third-order valence-corrected chi connectivity index (χ3v) is 4.16. The Hall–Kier alpha value is -1.26. The number of nitrogens with zero attached hydrogens (tertiary/aromatic N) is 2. The molecule has 4 heteroatoms. The number of likely N-dealkylation sites (N-methyl/N-ethyl adjacent to an activating group) is 1. The summed E-state index contributed by atoms with van der Waals surface area (Å²) in [5, 5.41) is 0. The van der Waals surface area contributed by atoms with Crippen molar-refractivity contribution >= 4 is 0 Å². The zero-order valence-corrected chi connectivity index (χ0v) is 13.1. The number of hydrogen-bond donors (Lipinski definition) is 0. The van der Waals surface area contributed by atoms with Gasteiger partial charge in [-0.25, -0.2) is 0 Å². The Morgan fingerprint density at radius 1 is 1.25 bits per heavy atom. The van der Waals surface area contributed by atoms with Crippen molar-refractivity contribution in [1.82, 2.24) is 9.80 Å². The van der Waals surface area contributed by atoms with Crippen LogP contribution >= 0.6 is 0 Å². The summed E-state index contributed by atoms with van der Waals surface area (Å²) in [5.74, 6) is 1.85. The summed E-state index contributed by atoms with van der Waals surface area (Å²) < 4.78 is 10.7. The molecule has 112 valence electrons. The lowest BCUT2D eigenvalue weighted by atomic mass is 10.1. The Labute approximate surface area is 122 Å². The number of ether oxygens (including phenoxy) is 2. The summed E-state index contributed by atoms with van der Waals surface area (Å²) in [4.78, 5) is 4.86. The first kappa shape index (κ1) is 15.1. The first-order chi connectivity index (χ1) is 9.63. The second-order valence-corrected chi connectivity index (χ2v) is 5.63. The molecule has 0 aromatic heterocycles. The van der Waals surface area contributed by atoms with Gasteiger partial charge >= 0.3 is 0 Å². The number of benzene rings is 1. The van der Waals surface area contributed by atoms with Crippen LogP contribution in [0.15, 0.2) is 18.2 Å². The third kappa shape index (κ3) is 3.64. The zero-order chi connectivity index (χ0) is 14.5. The molecule has 1 heterocycles. The van der Waals surface area contributed by atoms with Gasteiger partial charge in [-0.05, 0) is 57.2 Å². The van der Waals surface area contributed by atoms with Crippen molar-refractivity contribution in [2.24, 2.45) is 0 Å². The van der Waals surface area contributed by atoms with Gasteiger partial charge in [-0.2, -0.15) is 0 Å². The average molecular weight is 278 g/mol. The van der Waals surface area contributed by atoms with Gasteiger partial charge in [0.15, 0.2) is 0 Å². The highest BCUT2D eigenvalue weighted by Crippen LogP contribution is 2.25. The maximum absolute atomic E-state index is 5.44. The highest BCUT2D eigenvalue weighted by molar-refractivity contribution is 5.40. The van der Waals surface area contributed by atoms with Gasteiger partial charge in [-0.1, -0.05) is 0 Å². The minimum Gasteiger partial charge on any atom is -0.497 e. The molecule has 0 radical (unpaired) electrons. The van der Waals surface area contributed by atoms with Gasteiger partial charge in [-0.3, -0.25) is 0 Å². The summed E-state index contributed by atoms with van der Waals surface area (Å²) >= 11 is 0. The summed E-state index contributed by atoms with van der Waals surface area (Å²) in [5.41, 5.74) is 1.22. The molecule has 0 saturated carbocycles. The normalized spacial score (nSPS) is 19.6. The molecule has 1 fully saturated rings. The van der Waals surface area contributed by atoms with Crippen LogP contribution in [0.2, 0.25) is 0 Å². The monoisotopic (exact) mass is 278 g/mol. The zero-order valence-electron chi connectivity index (χ0n) is 13.1. The van der Waals surface area contributed by atoms with E-state index < -0.39 is 0 Å². The van der Waals surface area contributed by atoms with Crippen molar-refractivity contribution in [3.8, 4) is 11.5 Å². The largest absolute Gasteiger partial charge is 0.497 e. The minimum atomic E-state index is 0.696. The molecule has 0 spiro atoms.